The molecule has 12 heteroatoms. The van der Waals surface area contributed by atoms with Gasteiger partial charge in [0.15, 0.2) is 11.3 Å². The summed E-state index contributed by atoms with van der Waals surface area (Å²) in [7, 11) is 0. The molecule has 0 atom stereocenters. The number of halogens is 3. The van der Waals surface area contributed by atoms with Crippen molar-refractivity contribution >= 4 is 22.9 Å². The van der Waals surface area contributed by atoms with E-state index in [0.29, 0.717) is 10.3 Å². The molecule has 4 aromatic rings. The maximum atomic E-state index is 13.4. The van der Waals surface area contributed by atoms with E-state index in [1.165, 1.54) is 19.1 Å². The third kappa shape index (κ3) is 4.80. The van der Waals surface area contributed by atoms with Gasteiger partial charge in [0.05, 0.1) is 16.7 Å². The summed E-state index contributed by atoms with van der Waals surface area (Å²) in [6.07, 6.45) is -4.71. The molecule has 1 amide bonds. The van der Waals surface area contributed by atoms with E-state index in [1.807, 2.05) is 6.92 Å². The number of anilines is 1. The van der Waals surface area contributed by atoms with Crippen LogP contribution in [0.1, 0.15) is 27.4 Å². The predicted molar refractivity (Wildman–Crippen MR) is 115 cm³/mol. The number of fused-ring (bicyclic) bond motifs is 1. The summed E-state index contributed by atoms with van der Waals surface area (Å²) in [5, 5.41) is 17.5. The van der Waals surface area contributed by atoms with Gasteiger partial charge in [-0.25, -0.2) is 9.50 Å². The number of carbonyl (C=O) groups is 1. The summed E-state index contributed by atoms with van der Waals surface area (Å²) in [6, 6.07) is 12.5. The Bertz CT molecular complexity index is 1410. The number of carbonyl (C=O) groups excluding carboxylic acids is 1. The standard InChI is InChI=1S/C22H16F3N5O4/c1-12-3-5-16(6-4-12)34-17-9-14(8-15(10-17)30(32)33)27-21(31)18-11-20-26-13(2)7-19(22(23,24)25)29(20)28-18/h3-11H,1-2H3,(H,27,31). The first-order valence-electron chi connectivity index (χ1n) is 9.79. The van der Waals surface area contributed by atoms with Crippen LogP contribution in [0, 0.1) is 24.0 Å². The molecule has 0 aliphatic heterocycles. The molecule has 0 unspecified atom stereocenters. The van der Waals surface area contributed by atoms with Crippen molar-refractivity contribution in [3.63, 3.8) is 0 Å². The van der Waals surface area contributed by atoms with E-state index in [1.54, 1.807) is 24.3 Å². The number of amides is 1. The number of nitro benzene ring substituents is 1. The van der Waals surface area contributed by atoms with Crippen molar-refractivity contribution in [2.75, 3.05) is 5.32 Å². The maximum absolute atomic E-state index is 13.4. The topological polar surface area (TPSA) is 112 Å². The summed E-state index contributed by atoms with van der Waals surface area (Å²) in [4.78, 5) is 27.4. The number of nitrogens with one attached hydrogen (secondary N) is 1. The number of hydrogen-bond donors (Lipinski definition) is 1. The van der Waals surface area contributed by atoms with Crippen LogP contribution >= 0.6 is 0 Å². The highest BCUT2D eigenvalue weighted by atomic mass is 19.4. The van der Waals surface area contributed by atoms with Gasteiger partial charge in [-0.15, -0.1) is 0 Å². The monoisotopic (exact) mass is 471 g/mol. The van der Waals surface area contributed by atoms with E-state index >= 15 is 0 Å². The lowest BCUT2D eigenvalue weighted by Crippen LogP contribution is -2.16. The minimum atomic E-state index is -4.71. The second kappa shape index (κ2) is 8.46. The van der Waals surface area contributed by atoms with Crippen LogP contribution in [-0.4, -0.2) is 25.4 Å². The van der Waals surface area contributed by atoms with Crippen molar-refractivity contribution in [2.45, 2.75) is 20.0 Å². The van der Waals surface area contributed by atoms with Crippen LogP contribution < -0.4 is 10.1 Å². The van der Waals surface area contributed by atoms with Crippen LogP contribution in [0.3, 0.4) is 0 Å². The fraction of sp³-hybridized carbons (Fsp3) is 0.136. The van der Waals surface area contributed by atoms with Crippen molar-refractivity contribution in [3.8, 4) is 11.5 Å². The number of ether oxygens (including phenoxy) is 1. The fourth-order valence-electron chi connectivity index (χ4n) is 3.17. The molecule has 174 valence electrons. The van der Waals surface area contributed by atoms with Crippen LogP contribution in [-0.2, 0) is 6.18 Å². The van der Waals surface area contributed by atoms with E-state index in [0.717, 1.165) is 23.8 Å². The highest BCUT2D eigenvalue weighted by Gasteiger charge is 2.35. The van der Waals surface area contributed by atoms with Crippen molar-refractivity contribution in [2.24, 2.45) is 0 Å². The van der Waals surface area contributed by atoms with Crippen LogP contribution in [0.4, 0.5) is 24.5 Å². The molecule has 0 bridgehead atoms. The normalized spacial score (nSPS) is 11.4. The summed E-state index contributed by atoms with van der Waals surface area (Å²) >= 11 is 0. The van der Waals surface area contributed by atoms with Crippen molar-refractivity contribution in [1.29, 1.82) is 0 Å². The number of aryl methyl sites for hydroxylation is 2. The highest BCUT2D eigenvalue weighted by Crippen LogP contribution is 2.31. The van der Waals surface area contributed by atoms with Gasteiger partial charge in [0.1, 0.15) is 17.2 Å². The van der Waals surface area contributed by atoms with Gasteiger partial charge < -0.3 is 10.1 Å². The van der Waals surface area contributed by atoms with Gasteiger partial charge in [-0.2, -0.15) is 18.3 Å². The molecule has 0 fully saturated rings. The largest absolute Gasteiger partial charge is 0.457 e. The minimum Gasteiger partial charge on any atom is -0.457 e. The van der Waals surface area contributed by atoms with Gasteiger partial charge in [0.2, 0.25) is 0 Å². The number of nitro groups is 1. The van der Waals surface area contributed by atoms with Gasteiger partial charge in [-0.3, -0.25) is 14.9 Å². The number of aromatic nitrogens is 3. The molecule has 0 aliphatic carbocycles. The second-order valence-corrected chi connectivity index (χ2v) is 7.42. The van der Waals surface area contributed by atoms with Gasteiger partial charge in [-0.1, -0.05) is 17.7 Å². The number of nitrogens with zero attached hydrogens (tertiary/aromatic N) is 4. The molecule has 2 aromatic heterocycles. The SMILES string of the molecule is Cc1ccc(Oc2cc(NC(=O)c3cc4nc(C)cc(C(F)(F)F)n4n3)cc([N+](=O)[O-])c2)cc1. The maximum Gasteiger partial charge on any atom is 0.433 e. The van der Waals surface area contributed by atoms with Crippen molar-refractivity contribution in [1.82, 2.24) is 14.6 Å². The van der Waals surface area contributed by atoms with Crippen LogP contribution in [0.5, 0.6) is 11.5 Å². The van der Waals surface area contributed by atoms with Gasteiger partial charge >= 0.3 is 6.18 Å². The average Bonchev–Trinajstić information content (AvgIpc) is 3.18. The average molecular weight is 471 g/mol. The quantitative estimate of drug-likeness (QED) is 0.312. The molecular weight excluding hydrogens is 455 g/mol. The molecule has 9 nitrogen and oxygen atoms in total. The lowest BCUT2D eigenvalue weighted by atomic mass is 10.2. The molecule has 34 heavy (non-hydrogen) atoms. The van der Waals surface area contributed by atoms with Crippen LogP contribution in [0.15, 0.2) is 54.6 Å². The van der Waals surface area contributed by atoms with E-state index in [9.17, 15) is 28.1 Å². The summed E-state index contributed by atoms with van der Waals surface area (Å²) in [5.74, 6) is -0.372. The lowest BCUT2D eigenvalue weighted by Gasteiger charge is -2.09. The summed E-state index contributed by atoms with van der Waals surface area (Å²) in [6.45, 7) is 3.28. The number of alkyl halides is 3. The van der Waals surface area contributed by atoms with E-state index in [2.05, 4.69) is 15.4 Å². The minimum absolute atomic E-state index is 0.00134. The van der Waals surface area contributed by atoms with E-state index in [4.69, 9.17) is 4.74 Å². The zero-order valence-corrected chi connectivity index (χ0v) is 17.8. The van der Waals surface area contributed by atoms with Crippen LogP contribution in [0.25, 0.3) is 5.65 Å². The molecule has 2 aromatic carbocycles. The molecule has 0 spiro atoms. The van der Waals surface area contributed by atoms with Crippen LogP contribution in [0.2, 0.25) is 0 Å². The smallest absolute Gasteiger partial charge is 0.433 e. The Kier molecular flexibility index (Phi) is 5.65. The van der Waals surface area contributed by atoms with Crippen molar-refractivity contribution in [3.05, 3.63) is 87.4 Å². The molecule has 0 saturated heterocycles. The zero-order valence-electron chi connectivity index (χ0n) is 17.8. The molecule has 0 saturated carbocycles. The van der Waals surface area contributed by atoms with E-state index < -0.39 is 22.7 Å². The zero-order chi connectivity index (χ0) is 24.6. The van der Waals surface area contributed by atoms with E-state index in [-0.39, 0.29) is 34.2 Å². The third-order valence-corrected chi connectivity index (χ3v) is 4.69. The first kappa shape index (κ1) is 22.7. The van der Waals surface area contributed by atoms with Gasteiger partial charge in [-0.05, 0) is 32.0 Å². The molecule has 0 aliphatic rings. The number of hydrogen-bond acceptors (Lipinski definition) is 6. The van der Waals surface area contributed by atoms with Crippen molar-refractivity contribution < 1.29 is 27.6 Å². The Morgan fingerprint density at radius 1 is 1.06 bits per heavy atom. The molecule has 2 heterocycles. The molecular formula is C22H16F3N5O4. The Labute approximate surface area is 190 Å². The lowest BCUT2D eigenvalue weighted by molar-refractivity contribution is -0.384. The predicted octanol–water partition coefficient (Wildman–Crippen LogP) is 5.32. The first-order valence-corrected chi connectivity index (χ1v) is 9.79. The Hall–Kier alpha value is -4.48. The van der Waals surface area contributed by atoms with Gasteiger partial charge in [0, 0.05) is 23.9 Å². The Balaban J connectivity index is 1.66. The highest BCUT2D eigenvalue weighted by molar-refractivity contribution is 6.03. The summed E-state index contributed by atoms with van der Waals surface area (Å²) in [5.41, 5.74) is -0.868. The summed E-state index contributed by atoms with van der Waals surface area (Å²) < 4.78 is 46.2. The number of rotatable bonds is 5. The Morgan fingerprint density at radius 2 is 1.76 bits per heavy atom. The number of non-ortho nitro benzene ring substituents is 1. The Morgan fingerprint density at radius 3 is 2.41 bits per heavy atom. The third-order valence-electron chi connectivity index (χ3n) is 4.69. The molecule has 1 N–H and O–H groups in total. The first-order chi connectivity index (χ1) is 16.0. The molecule has 0 radical (unpaired) electrons. The fourth-order valence-corrected chi connectivity index (χ4v) is 3.17. The number of benzene rings is 2. The second-order valence-electron chi connectivity index (χ2n) is 7.42. The molecule has 4 rings (SSSR count). The van der Waals surface area contributed by atoms with Gasteiger partial charge in [0.25, 0.3) is 11.6 Å².